The van der Waals surface area contributed by atoms with Crippen molar-refractivity contribution in [2.75, 3.05) is 12.4 Å². The van der Waals surface area contributed by atoms with Crippen LogP contribution in [0.25, 0.3) is 11.1 Å². The van der Waals surface area contributed by atoms with Crippen molar-refractivity contribution in [3.63, 3.8) is 0 Å². The Morgan fingerprint density at radius 3 is 2.62 bits per heavy atom. The third-order valence-electron chi connectivity index (χ3n) is 3.12. The molecule has 0 aliphatic rings. The lowest BCUT2D eigenvalue weighted by Gasteiger charge is -2.03. The van der Waals surface area contributed by atoms with Crippen molar-refractivity contribution in [3.8, 4) is 0 Å². The summed E-state index contributed by atoms with van der Waals surface area (Å²) in [4.78, 5) is 27.9. The second-order valence-corrected chi connectivity index (χ2v) is 6.67. The number of oxazole rings is 1. The maximum Gasteiger partial charge on any atom is 0.316 e. The van der Waals surface area contributed by atoms with Crippen LogP contribution in [0, 0.1) is 0 Å². The molecule has 3 aromatic rings. The van der Waals surface area contributed by atoms with E-state index in [0.29, 0.717) is 16.4 Å². The molecule has 0 fully saturated rings. The van der Waals surface area contributed by atoms with E-state index in [1.165, 1.54) is 0 Å². The van der Waals surface area contributed by atoms with Crippen LogP contribution < -0.4 is 0 Å². The standard InChI is InChI=1S/C17H12BrNO4S/c18-12-7-5-11(6-8-12)14(20)9-22-16(21)10-24-17-19-13-3-1-2-4-15(13)23-17/h1-8H,9-10H2. The number of fused-ring (bicyclic) bond motifs is 1. The molecular formula is C17H12BrNO4S. The molecule has 0 spiro atoms. The summed E-state index contributed by atoms with van der Waals surface area (Å²) in [6, 6.07) is 14.2. The minimum atomic E-state index is -0.493. The van der Waals surface area contributed by atoms with Crippen molar-refractivity contribution >= 4 is 50.5 Å². The Hall–Kier alpha value is -2.12. The first-order valence-corrected chi connectivity index (χ1v) is 8.82. The number of carbonyl (C=O) groups is 2. The summed E-state index contributed by atoms with van der Waals surface area (Å²) in [5.74, 6) is -0.712. The first-order chi connectivity index (χ1) is 11.6. The number of thioether (sulfide) groups is 1. The van der Waals surface area contributed by atoms with Crippen molar-refractivity contribution in [1.82, 2.24) is 4.98 Å². The number of ketones is 1. The van der Waals surface area contributed by atoms with E-state index in [4.69, 9.17) is 9.15 Å². The summed E-state index contributed by atoms with van der Waals surface area (Å²) in [5.41, 5.74) is 1.90. The predicted octanol–water partition coefficient (Wildman–Crippen LogP) is 4.11. The zero-order valence-electron chi connectivity index (χ0n) is 12.4. The topological polar surface area (TPSA) is 69.4 Å². The summed E-state index contributed by atoms with van der Waals surface area (Å²) in [5, 5.41) is 0.396. The lowest BCUT2D eigenvalue weighted by Crippen LogP contribution is -2.15. The van der Waals surface area contributed by atoms with Gasteiger partial charge in [0.15, 0.2) is 18.0 Å². The van der Waals surface area contributed by atoms with Gasteiger partial charge in [0, 0.05) is 10.0 Å². The minimum absolute atomic E-state index is 0.0282. The Bertz CT molecular complexity index is 843. The van der Waals surface area contributed by atoms with Gasteiger partial charge in [0.1, 0.15) is 11.3 Å². The van der Waals surface area contributed by atoms with Gasteiger partial charge in [-0.15, -0.1) is 0 Å². The molecule has 0 atom stereocenters. The molecule has 0 N–H and O–H groups in total. The number of carbonyl (C=O) groups excluding carboxylic acids is 2. The highest BCUT2D eigenvalue weighted by molar-refractivity contribution is 9.10. The summed E-state index contributed by atoms with van der Waals surface area (Å²) in [6.45, 7) is -0.283. The number of hydrogen-bond acceptors (Lipinski definition) is 6. The molecule has 3 rings (SSSR count). The quantitative estimate of drug-likeness (QED) is 0.349. The van der Waals surface area contributed by atoms with E-state index in [2.05, 4.69) is 20.9 Å². The van der Waals surface area contributed by atoms with Gasteiger partial charge in [0.05, 0.1) is 0 Å². The Labute approximate surface area is 150 Å². The van der Waals surface area contributed by atoms with Crippen LogP contribution in [0.15, 0.2) is 62.6 Å². The first kappa shape index (κ1) is 16.7. The molecule has 0 saturated heterocycles. The number of esters is 1. The fourth-order valence-corrected chi connectivity index (χ4v) is 2.84. The van der Waals surface area contributed by atoms with Crippen molar-refractivity contribution in [2.45, 2.75) is 5.22 Å². The molecule has 0 aliphatic carbocycles. The number of benzene rings is 2. The Kier molecular flexibility index (Phi) is 5.32. The highest BCUT2D eigenvalue weighted by atomic mass is 79.9. The molecule has 0 amide bonds. The number of rotatable bonds is 6. The monoisotopic (exact) mass is 405 g/mol. The number of halogens is 1. The van der Waals surface area contributed by atoms with E-state index in [0.717, 1.165) is 21.8 Å². The van der Waals surface area contributed by atoms with E-state index < -0.39 is 5.97 Å². The third kappa shape index (κ3) is 4.24. The molecule has 0 bridgehead atoms. The van der Waals surface area contributed by atoms with Gasteiger partial charge in [-0.25, -0.2) is 4.98 Å². The fourth-order valence-electron chi connectivity index (χ4n) is 1.94. The highest BCUT2D eigenvalue weighted by Crippen LogP contribution is 2.23. The van der Waals surface area contributed by atoms with Gasteiger partial charge in [-0.05, 0) is 24.3 Å². The second-order valence-electron chi connectivity index (χ2n) is 4.83. The van der Waals surface area contributed by atoms with Gasteiger partial charge >= 0.3 is 5.97 Å². The van der Waals surface area contributed by atoms with Crippen molar-refractivity contribution in [3.05, 3.63) is 58.6 Å². The van der Waals surface area contributed by atoms with Crippen LogP contribution in [0.1, 0.15) is 10.4 Å². The van der Waals surface area contributed by atoms with Gasteiger partial charge in [-0.2, -0.15) is 0 Å². The highest BCUT2D eigenvalue weighted by Gasteiger charge is 2.12. The average Bonchev–Trinajstić information content (AvgIpc) is 3.01. The van der Waals surface area contributed by atoms with Crippen LogP contribution in [-0.2, 0) is 9.53 Å². The number of nitrogens with zero attached hydrogens (tertiary/aromatic N) is 1. The number of ether oxygens (including phenoxy) is 1. The average molecular weight is 406 g/mol. The SMILES string of the molecule is O=C(CSc1nc2ccccc2o1)OCC(=O)c1ccc(Br)cc1. The van der Waals surface area contributed by atoms with E-state index >= 15 is 0 Å². The number of para-hydroxylation sites is 2. The Balaban J connectivity index is 1.48. The van der Waals surface area contributed by atoms with Crippen LogP contribution >= 0.6 is 27.7 Å². The summed E-state index contributed by atoms with van der Waals surface area (Å²) < 4.78 is 11.4. The smallest absolute Gasteiger partial charge is 0.316 e. The molecule has 7 heteroatoms. The molecule has 0 aliphatic heterocycles. The first-order valence-electron chi connectivity index (χ1n) is 7.04. The van der Waals surface area contributed by atoms with Gasteiger partial charge in [0.25, 0.3) is 5.22 Å². The van der Waals surface area contributed by atoms with E-state index in [-0.39, 0.29) is 18.1 Å². The molecule has 1 heterocycles. The van der Waals surface area contributed by atoms with E-state index in [1.54, 1.807) is 24.3 Å². The maximum atomic E-state index is 11.9. The van der Waals surface area contributed by atoms with Crippen molar-refractivity contribution in [1.29, 1.82) is 0 Å². The molecule has 5 nitrogen and oxygen atoms in total. The minimum Gasteiger partial charge on any atom is -0.457 e. The van der Waals surface area contributed by atoms with Gasteiger partial charge in [-0.1, -0.05) is 52.0 Å². The zero-order valence-corrected chi connectivity index (χ0v) is 14.8. The van der Waals surface area contributed by atoms with Crippen molar-refractivity contribution < 1.29 is 18.7 Å². The number of aromatic nitrogens is 1. The summed E-state index contributed by atoms with van der Waals surface area (Å²) >= 11 is 4.43. The van der Waals surface area contributed by atoms with Crippen LogP contribution in [0.3, 0.4) is 0 Å². The van der Waals surface area contributed by atoms with E-state index in [9.17, 15) is 9.59 Å². The Morgan fingerprint density at radius 1 is 1.12 bits per heavy atom. The largest absolute Gasteiger partial charge is 0.457 e. The number of hydrogen-bond donors (Lipinski definition) is 0. The van der Waals surface area contributed by atoms with E-state index in [1.807, 2.05) is 24.3 Å². The molecule has 24 heavy (non-hydrogen) atoms. The van der Waals surface area contributed by atoms with Gasteiger partial charge in [-0.3, -0.25) is 9.59 Å². The molecule has 122 valence electrons. The Morgan fingerprint density at radius 2 is 1.88 bits per heavy atom. The summed E-state index contributed by atoms with van der Waals surface area (Å²) in [6.07, 6.45) is 0. The molecule has 2 aromatic carbocycles. The lowest BCUT2D eigenvalue weighted by molar-refractivity contribution is -0.139. The van der Waals surface area contributed by atoms with Crippen LogP contribution in [-0.4, -0.2) is 29.1 Å². The molecule has 1 aromatic heterocycles. The molecule has 0 unspecified atom stereocenters. The predicted molar refractivity (Wildman–Crippen MR) is 94.2 cm³/mol. The normalized spacial score (nSPS) is 10.7. The molecule has 0 saturated carbocycles. The number of Topliss-reactive ketones (excluding diaryl/α,β-unsaturated/α-hetero) is 1. The maximum absolute atomic E-state index is 11.9. The van der Waals surface area contributed by atoms with Crippen LogP contribution in [0.4, 0.5) is 0 Å². The second kappa shape index (κ2) is 7.63. The molecular weight excluding hydrogens is 394 g/mol. The third-order valence-corrected chi connectivity index (χ3v) is 4.45. The lowest BCUT2D eigenvalue weighted by atomic mass is 10.1. The summed E-state index contributed by atoms with van der Waals surface area (Å²) in [7, 11) is 0. The fraction of sp³-hybridized carbons (Fsp3) is 0.118. The van der Waals surface area contributed by atoms with Crippen molar-refractivity contribution in [2.24, 2.45) is 0 Å². The van der Waals surface area contributed by atoms with Gasteiger partial charge < -0.3 is 9.15 Å². The zero-order chi connectivity index (χ0) is 16.9. The van der Waals surface area contributed by atoms with Crippen LogP contribution in [0.5, 0.6) is 0 Å². The van der Waals surface area contributed by atoms with Gasteiger partial charge in [0.2, 0.25) is 0 Å². The molecule has 0 radical (unpaired) electrons. The van der Waals surface area contributed by atoms with Crippen LogP contribution in [0.2, 0.25) is 0 Å².